The second-order valence-corrected chi connectivity index (χ2v) is 5.66. The number of carbonyl (C=O) groups is 1. The molecule has 0 radical (unpaired) electrons. The van der Waals surface area contributed by atoms with Crippen LogP contribution >= 0.6 is 0 Å². The van der Waals surface area contributed by atoms with Crippen molar-refractivity contribution < 1.29 is 9.72 Å². The molecule has 0 saturated heterocycles. The number of non-ortho nitro benzene ring substituents is 1. The van der Waals surface area contributed by atoms with Crippen LogP contribution in [0.4, 0.5) is 11.4 Å². The fourth-order valence-electron chi connectivity index (χ4n) is 2.63. The lowest BCUT2D eigenvalue weighted by Gasteiger charge is -2.16. The summed E-state index contributed by atoms with van der Waals surface area (Å²) in [5, 5.41) is 13.7. The standard InChI is InChI=1S/C17H16N2O3/c1-12-4-2-3-5-15(12)18-16(20)17(10-11-17)13-6-8-14(9-7-13)19(21)22/h2-9H,10-11H2,1H3,(H,18,20). The Morgan fingerprint density at radius 2 is 1.77 bits per heavy atom. The number of nitrogens with one attached hydrogen (secondary N) is 1. The summed E-state index contributed by atoms with van der Waals surface area (Å²) in [4.78, 5) is 22.9. The Morgan fingerprint density at radius 3 is 2.32 bits per heavy atom. The van der Waals surface area contributed by atoms with Gasteiger partial charge in [0.25, 0.3) is 5.69 Å². The van der Waals surface area contributed by atoms with Gasteiger partial charge in [0.2, 0.25) is 5.91 Å². The second kappa shape index (κ2) is 5.26. The number of amides is 1. The largest absolute Gasteiger partial charge is 0.325 e. The van der Waals surface area contributed by atoms with Crippen molar-refractivity contribution in [3.8, 4) is 0 Å². The van der Waals surface area contributed by atoms with E-state index >= 15 is 0 Å². The minimum absolute atomic E-state index is 0.0406. The van der Waals surface area contributed by atoms with E-state index < -0.39 is 10.3 Å². The molecule has 3 rings (SSSR count). The van der Waals surface area contributed by atoms with Crippen LogP contribution < -0.4 is 5.32 Å². The first-order chi connectivity index (χ1) is 10.5. The van der Waals surface area contributed by atoms with Gasteiger partial charge in [0, 0.05) is 17.8 Å². The van der Waals surface area contributed by atoms with Crippen molar-refractivity contribution in [3.63, 3.8) is 0 Å². The van der Waals surface area contributed by atoms with Gasteiger partial charge in [0.1, 0.15) is 0 Å². The Kier molecular flexibility index (Phi) is 3.41. The highest BCUT2D eigenvalue weighted by Gasteiger charge is 2.51. The molecule has 0 unspecified atom stereocenters. The van der Waals surface area contributed by atoms with Crippen molar-refractivity contribution in [1.82, 2.24) is 0 Å². The molecule has 2 aromatic rings. The third kappa shape index (κ3) is 2.45. The molecule has 1 saturated carbocycles. The Bertz CT molecular complexity index is 734. The van der Waals surface area contributed by atoms with E-state index in [4.69, 9.17) is 0 Å². The number of para-hydroxylation sites is 1. The van der Waals surface area contributed by atoms with Gasteiger partial charge < -0.3 is 5.32 Å². The number of hydrogen-bond donors (Lipinski definition) is 1. The van der Waals surface area contributed by atoms with Crippen LogP contribution in [0.1, 0.15) is 24.0 Å². The summed E-state index contributed by atoms with van der Waals surface area (Å²) in [5.74, 6) is -0.0457. The number of nitro groups is 1. The minimum atomic E-state index is -0.544. The van der Waals surface area contributed by atoms with Crippen molar-refractivity contribution in [1.29, 1.82) is 0 Å². The molecule has 1 fully saturated rings. The van der Waals surface area contributed by atoms with Crippen LogP contribution in [-0.4, -0.2) is 10.8 Å². The van der Waals surface area contributed by atoms with Gasteiger partial charge in [-0.2, -0.15) is 0 Å². The lowest BCUT2D eigenvalue weighted by molar-refractivity contribution is -0.384. The van der Waals surface area contributed by atoms with Crippen molar-refractivity contribution in [3.05, 3.63) is 69.8 Å². The van der Waals surface area contributed by atoms with E-state index in [-0.39, 0.29) is 11.6 Å². The molecule has 0 spiro atoms. The zero-order valence-corrected chi connectivity index (χ0v) is 12.2. The summed E-state index contributed by atoms with van der Waals surface area (Å²) < 4.78 is 0. The first-order valence-corrected chi connectivity index (χ1v) is 7.15. The van der Waals surface area contributed by atoms with Crippen molar-refractivity contribution in [2.45, 2.75) is 25.2 Å². The van der Waals surface area contributed by atoms with Gasteiger partial charge in [-0.3, -0.25) is 14.9 Å². The number of anilines is 1. The summed E-state index contributed by atoms with van der Waals surface area (Å²) >= 11 is 0. The third-order valence-corrected chi connectivity index (χ3v) is 4.21. The number of nitrogens with zero attached hydrogens (tertiary/aromatic N) is 1. The predicted molar refractivity (Wildman–Crippen MR) is 83.8 cm³/mol. The molecular formula is C17H16N2O3. The van der Waals surface area contributed by atoms with Gasteiger partial charge in [0.15, 0.2) is 0 Å². The van der Waals surface area contributed by atoms with Crippen LogP contribution in [0.15, 0.2) is 48.5 Å². The van der Waals surface area contributed by atoms with Crippen molar-refractivity contribution >= 4 is 17.3 Å². The SMILES string of the molecule is Cc1ccccc1NC(=O)C1(c2ccc([N+](=O)[O-])cc2)CC1. The number of hydrogen-bond acceptors (Lipinski definition) is 3. The number of aryl methyl sites for hydroxylation is 1. The third-order valence-electron chi connectivity index (χ3n) is 4.21. The van der Waals surface area contributed by atoms with Crippen molar-refractivity contribution in [2.24, 2.45) is 0 Å². The van der Waals surface area contributed by atoms with Gasteiger partial charge in [-0.25, -0.2) is 0 Å². The number of nitro benzene ring substituents is 1. The molecule has 5 heteroatoms. The lowest BCUT2D eigenvalue weighted by Crippen LogP contribution is -2.28. The van der Waals surface area contributed by atoms with Crippen LogP contribution in [-0.2, 0) is 10.2 Å². The number of benzene rings is 2. The van der Waals surface area contributed by atoms with Crippen LogP contribution in [0.3, 0.4) is 0 Å². The van der Waals surface area contributed by atoms with E-state index in [1.54, 1.807) is 12.1 Å². The maximum atomic E-state index is 12.6. The highest BCUT2D eigenvalue weighted by Crippen LogP contribution is 2.49. The average molecular weight is 296 g/mol. The van der Waals surface area contributed by atoms with E-state index in [0.717, 1.165) is 29.7 Å². The first kappa shape index (κ1) is 14.3. The van der Waals surface area contributed by atoms with E-state index in [9.17, 15) is 14.9 Å². The van der Waals surface area contributed by atoms with E-state index in [2.05, 4.69) is 5.32 Å². The summed E-state index contributed by atoms with van der Waals surface area (Å²) in [5.41, 5.74) is 2.15. The fourth-order valence-corrected chi connectivity index (χ4v) is 2.63. The van der Waals surface area contributed by atoms with Gasteiger partial charge in [-0.15, -0.1) is 0 Å². The molecule has 5 nitrogen and oxygen atoms in total. The zero-order valence-electron chi connectivity index (χ0n) is 12.2. The van der Waals surface area contributed by atoms with Gasteiger partial charge in [0.05, 0.1) is 10.3 Å². The Hall–Kier alpha value is -2.69. The highest BCUT2D eigenvalue weighted by molar-refractivity contribution is 6.01. The maximum absolute atomic E-state index is 12.6. The van der Waals surface area contributed by atoms with Crippen LogP contribution in [0.2, 0.25) is 0 Å². The number of rotatable bonds is 4. The average Bonchev–Trinajstić information content (AvgIpc) is 3.31. The molecule has 0 atom stereocenters. The summed E-state index contributed by atoms with van der Waals surface area (Å²) in [6.07, 6.45) is 1.53. The molecule has 0 heterocycles. The fraction of sp³-hybridized carbons (Fsp3) is 0.235. The summed E-state index contributed by atoms with van der Waals surface area (Å²) in [6, 6.07) is 13.9. The molecule has 0 aliphatic heterocycles. The van der Waals surface area contributed by atoms with Gasteiger partial charge in [-0.05, 0) is 37.0 Å². The summed E-state index contributed by atoms with van der Waals surface area (Å²) in [7, 11) is 0. The Balaban J connectivity index is 1.82. The predicted octanol–water partition coefficient (Wildman–Crippen LogP) is 3.57. The molecule has 1 amide bonds. The molecule has 0 bridgehead atoms. The quantitative estimate of drug-likeness (QED) is 0.692. The van der Waals surface area contributed by atoms with Gasteiger partial charge >= 0.3 is 0 Å². The normalized spacial score (nSPS) is 15.1. The highest BCUT2D eigenvalue weighted by atomic mass is 16.6. The molecule has 22 heavy (non-hydrogen) atoms. The van der Waals surface area contributed by atoms with Crippen LogP contribution in [0.5, 0.6) is 0 Å². The molecular weight excluding hydrogens is 280 g/mol. The minimum Gasteiger partial charge on any atom is -0.325 e. The summed E-state index contributed by atoms with van der Waals surface area (Å²) in [6.45, 7) is 1.95. The first-order valence-electron chi connectivity index (χ1n) is 7.15. The molecule has 1 N–H and O–H groups in total. The molecule has 0 aromatic heterocycles. The molecule has 112 valence electrons. The monoisotopic (exact) mass is 296 g/mol. The van der Waals surface area contributed by atoms with Crippen LogP contribution in [0, 0.1) is 17.0 Å². The molecule has 1 aliphatic rings. The lowest BCUT2D eigenvalue weighted by atomic mass is 9.94. The Labute approximate surface area is 128 Å². The Morgan fingerprint density at radius 1 is 1.14 bits per heavy atom. The van der Waals surface area contributed by atoms with Crippen LogP contribution in [0.25, 0.3) is 0 Å². The van der Waals surface area contributed by atoms with E-state index in [0.29, 0.717) is 0 Å². The van der Waals surface area contributed by atoms with E-state index in [1.807, 2.05) is 31.2 Å². The zero-order chi connectivity index (χ0) is 15.7. The van der Waals surface area contributed by atoms with Gasteiger partial charge in [-0.1, -0.05) is 30.3 Å². The molecule has 2 aromatic carbocycles. The maximum Gasteiger partial charge on any atom is 0.269 e. The smallest absolute Gasteiger partial charge is 0.269 e. The topological polar surface area (TPSA) is 72.2 Å². The van der Waals surface area contributed by atoms with Crippen molar-refractivity contribution in [2.75, 3.05) is 5.32 Å². The molecule has 1 aliphatic carbocycles. The number of carbonyl (C=O) groups excluding carboxylic acids is 1. The second-order valence-electron chi connectivity index (χ2n) is 5.66. The van der Waals surface area contributed by atoms with E-state index in [1.165, 1.54) is 12.1 Å².